The van der Waals surface area contributed by atoms with Gasteiger partial charge in [0.15, 0.2) is 0 Å². The zero-order valence-corrected chi connectivity index (χ0v) is 15.7. The number of rotatable bonds is 5. The van der Waals surface area contributed by atoms with Gasteiger partial charge >= 0.3 is 0 Å². The smallest absolute Gasteiger partial charge is 0.0184 e. The fourth-order valence-electron chi connectivity index (χ4n) is 3.17. The molecule has 0 aliphatic heterocycles. The van der Waals surface area contributed by atoms with E-state index in [4.69, 9.17) is 0 Å². The molecule has 0 aromatic heterocycles. The van der Waals surface area contributed by atoms with Gasteiger partial charge in [0.2, 0.25) is 0 Å². The first-order chi connectivity index (χ1) is 13.9. The second-order valence-corrected chi connectivity index (χ2v) is 6.69. The number of hydrogen-bond donors (Lipinski definition) is 0. The van der Waals surface area contributed by atoms with Crippen molar-refractivity contribution in [2.24, 2.45) is 0 Å². The topological polar surface area (TPSA) is 0 Å². The maximum absolute atomic E-state index is 2.17. The van der Waals surface area contributed by atoms with Gasteiger partial charge in [-0.25, -0.2) is 0 Å². The highest BCUT2D eigenvalue weighted by atomic mass is 14.0. The lowest BCUT2D eigenvalue weighted by Crippen LogP contribution is -1.78. The highest BCUT2D eigenvalue weighted by molar-refractivity contribution is 5.67. The van der Waals surface area contributed by atoms with Gasteiger partial charge in [0.25, 0.3) is 0 Å². The second kappa shape index (κ2) is 8.83. The molecule has 0 bridgehead atoms. The molecule has 0 heteroatoms. The third kappa shape index (κ3) is 4.55. The molecule has 134 valence electrons. The van der Waals surface area contributed by atoms with Crippen molar-refractivity contribution in [1.29, 1.82) is 0 Å². The van der Waals surface area contributed by atoms with Gasteiger partial charge in [-0.2, -0.15) is 0 Å². The summed E-state index contributed by atoms with van der Waals surface area (Å²) in [5.41, 5.74) is 7.37. The summed E-state index contributed by atoms with van der Waals surface area (Å²) < 4.78 is 0. The van der Waals surface area contributed by atoms with Crippen molar-refractivity contribution in [3.8, 4) is 22.3 Å². The summed E-state index contributed by atoms with van der Waals surface area (Å²) in [6.45, 7) is 0. The molecule has 0 fully saturated rings. The van der Waals surface area contributed by atoms with Gasteiger partial charge in [-0.15, -0.1) is 0 Å². The van der Waals surface area contributed by atoms with Gasteiger partial charge in [0.05, 0.1) is 0 Å². The van der Waals surface area contributed by atoms with Crippen molar-refractivity contribution < 1.29 is 0 Å². The van der Waals surface area contributed by atoms with Crippen LogP contribution in [0.25, 0.3) is 34.4 Å². The van der Waals surface area contributed by atoms with E-state index in [1.165, 1.54) is 33.4 Å². The van der Waals surface area contributed by atoms with Crippen LogP contribution in [0.4, 0.5) is 0 Å². The maximum atomic E-state index is 2.17. The molecule has 0 atom stereocenters. The average Bonchev–Trinajstić information content (AvgIpc) is 2.79. The Bertz CT molecular complexity index is 961. The van der Waals surface area contributed by atoms with Crippen LogP contribution in [-0.4, -0.2) is 0 Å². The van der Waals surface area contributed by atoms with Crippen LogP contribution < -0.4 is 0 Å². The first-order valence-corrected chi connectivity index (χ1v) is 9.54. The third-order valence-corrected chi connectivity index (χ3v) is 4.72. The molecular weight excluding hydrogens is 336 g/mol. The van der Waals surface area contributed by atoms with Crippen LogP contribution in [0.5, 0.6) is 0 Å². The highest BCUT2D eigenvalue weighted by Gasteiger charge is 1.96. The molecule has 4 aromatic carbocycles. The monoisotopic (exact) mass is 358 g/mol. The standard InChI is InChI=1S/C28H22/c1-3-11-25(12-4-1)27-19-15-23(16-20-27)9-7-8-10-24-17-21-28(22-18-24)26-13-5-2-6-14-26/h1-22H. The minimum atomic E-state index is 1.20. The quantitative estimate of drug-likeness (QED) is 0.320. The van der Waals surface area contributed by atoms with E-state index >= 15 is 0 Å². The van der Waals surface area contributed by atoms with Crippen LogP contribution in [0.1, 0.15) is 11.1 Å². The minimum Gasteiger partial charge on any atom is -0.0622 e. The molecule has 0 nitrogen and oxygen atoms in total. The van der Waals surface area contributed by atoms with Gasteiger partial charge in [-0.3, -0.25) is 0 Å². The molecular formula is C28H22. The lowest BCUT2D eigenvalue weighted by molar-refractivity contribution is 1.60. The Morgan fingerprint density at radius 1 is 0.321 bits per heavy atom. The molecule has 0 amide bonds. The van der Waals surface area contributed by atoms with E-state index in [1.807, 2.05) is 12.1 Å². The van der Waals surface area contributed by atoms with Crippen molar-refractivity contribution >= 4 is 12.2 Å². The largest absolute Gasteiger partial charge is 0.0622 e. The zero-order chi connectivity index (χ0) is 19.0. The van der Waals surface area contributed by atoms with Crippen molar-refractivity contribution in [3.05, 3.63) is 132 Å². The summed E-state index contributed by atoms with van der Waals surface area (Å²) in [5, 5.41) is 0. The predicted molar refractivity (Wildman–Crippen MR) is 122 cm³/mol. The van der Waals surface area contributed by atoms with E-state index in [2.05, 4.69) is 121 Å². The van der Waals surface area contributed by atoms with Crippen LogP contribution in [0, 0.1) is 0 Å². The Morgan fingerprint density at radius 3 is 1.00 bits per heavy atom. The summed E-state index contributed by atoms with van der Waals surface area (Å²) in [6, 6.07) is 38.2. The summed E-state index contributed by atoms with van der Waals surface area (Å²) in [7, 11) is 0. The normalized spacial score (nSPS) is 11.3. The molecule has 0 aliphatic carbocycles. The Kier molecular flexibility index (Phi) is 5.60. The Hall–Kier alpha value is -3.64. The molecule has 0 spiro atoms. The molecule has 0 heterocycles. The van der Waals surface area contributed by atoms with E-state index in [1.54, 1.807) is 0 Å². The van der Waals surface area contributed by atoms with Crippen molar-refractivity contribution in [1.82, 2.24) is 0 Å². The molecule has 4 aromatic rings. The number of hydrogen-bond acceptors (Lipinski definition) is 0. The van der Waals surface area contributed by atoms with Crippen LogP contribution >= 0.6 is 0 Å². The Labute approximate surface area is 167 Å². The lowest BCUT2D eigenvalue weighted by atomic mass is 10.0. The maximum Gasteiger partial charge on any atom is -0.0184 e. The zero-order valence-electron chi connectivity index (χ0n) is 15.7. The van der Waals surface area contributed by atoms with Crippen molar-refractivity contribution in [3.63, 3.8) is 0 Å². The van der Waals surface area contributed by atoms with E-state index < -0.39 is 0 Å². The van der Waals surface area contributed by atoms with E-state index in [9.17, 15) is 0 Å². The molecule has 0 saturated carbocycles. The number of benzene rings is 4. The van der Waals surface area contributed by atoms with Gasteiger partial charge in [-0.05, 0) is 33.4 Å². The second-order valence-electron chi connectivity index (χ2n) is 6.69. The van der Waals surface area contributed by atoms with Gasteiger partial charge < -0.3 is 0 Å². The number of allylic oxidation sites excluding steroid dienone is 2. The summed E-state index contributed by atoms with van der Waals surface area (Å²) in [4.78, 5) is 0. The molecule has 0 saturated heterocycles. The molecule has 0 unspecified atom stereocenters. The van der Waals surface area contributed by atoms with Gasteiger partial charge in [0.1, 0.15) is 0 Å². The third-order valence-electron chi connectivity index (χ3n) is 4.72. The first-order valence-electron chi connectivity index (χ1n) is 9.54. The predicted octanol–water partition coefficient (Wildman–Crippen LogP) is 7.75. The molecule has 28 heavy (non-hydrogen) atoms. The molecule has 4 rings (SSSR count). The molecule has 0 radical (unpaired) electrons. The molecule has 0 aliphatic rings. The summed E-state index contributed by atoms with van der Waals surface area (Å²) >= 11 is 0. The van der Waals surface area contributed by atoms with Gasteiger partial charge in [0, 0.05) is 0 Å². The van der Waals surface area contributed by atoms with Crippen LogP contribution in [0.3, 0.4) is 0 Å². The highest BCUT2D eigenvalue weighted by Crippen LogP contribution is 2.21. The Morgan fingerprint density at radius 2 is 0.643 bits per heavy atom. The minimum absolute atomic E-state index is 1.20. The lowest BCUT2D eigenvalue weighted by Gasteiger charge is -2.02. The van der Waals surface area contributed by atoms with Crippen molar-refractivity contribution in [2.45, 2.75) is 0 Å². The van der Waals surface area contributed by atoms with Crippen molar-refractivity contribution in [2.75, 3.05) is 0 Å². The van der Waals surface area contributed by atoms with Crippen LogP contribution in [0.15, 0.2) is 121 Å². The summed E-state index contributed by atoms with van der Waals surface area (Å²) in [5.74, 6) is 0. The Balaban J connectivity index is 1.38. The van der Waals surface area contributed by atoms with E-state index in [-0.39, 0.29) is 0 Å². The van der Waals surface area contributed by atoms with E-state index in [0.29, 0.717) is 0 Å². The van der Waals surface area contributed by atoms with Crippen LogP contribution in [0.2, 0.25) is 0 Å². The summed E-state index contributed by atoms with van der Waals surface area (Å²) in [6.07, 6.45) is 8.43. The van der Waals surface area contributed by atoms with E-state index in [0.717, 1.165) is 0 Å². The first kappa shape index (κ1) is 17.8. The van der Waals surface area contributed by atoms with Gasteiger partial charge in [-0.1, -0.05) is 133 Å². The fourth-order valence-corrected chi connectivity index (χ4v) is 3.17. The SMILES string of the molecule is C(C=Cc1ccc(-c2ccccc2)cc1)=Cc1ccc(-c2ccccc2)cc1. The fraction of sp³-hybridized carbons (Fsp3) is 0. The molecule has 0 N–H and O–H groups in total. The van der Waals surface area contributed by atoms with Crippen LogP contribution in [-0.2, 0) is 0 Å². The average molecular weight is 358 g/mol.